The molecule has 0 aromatic heterocycles. The Bertz CT molecular complexity index is 607. The molecule has 2 aromatic rings. The number of benzene rings is 2. The molecule has 0 saturated carbocycles. The summed E-state index contributed by atoms with van der Waals surface area (Å²) in [5, 5.41) is 3.17. The average molecular weight is 441 g/mol. The van der Waals surface area contributed by atoms with E-state index in [9.17, 15) is 4.39 Å². The van der Waals surface area contributed by atoms with Gasteiger partial charge in [0.05, 0.1) is 22.1 Å². The summed E-state index contributed by atoms with van der Waals surface area (Å²) in [7, 11) is 0. The van der Waals surface area contributed by atoms with Gasteiger partial charge in [-0.3, -0.25) is 0 Å². The van der Waals surface area contributed by atoms with Crippen molar-refractivity contribution in [2.75, 3.05) is 11.1 Å². The quantitative estimate of drug-likeness (QED) is 0.498. The van der Waals surface area contributed by atoms with Crippen molar-refractivity contribution in [3.8, 4) is 0 Å². The van der Waals surface area contributed by atoms with Crippen LogP contribution in [0.2, 0.25) is 5.02 Å². The Morgan fingerprint density at radius 2 is 1.94 bits per heavy atom. The maximum absolute atomic E-state index is 13.2. The lowest BCUT2D eigenvalue weighted by Gasteiger charge is -2.12. The first-order chi connectivity index (χ1) is 8.47. The molecule has 2 rings (SSSR count). The first-order valence-corrected chi connectivity index (χ1v) is 7.19. The molecule has 2 aromatic carbocycles. The number of anilines is 3. The molecule has 0 atom stereocenters. The van der Waals surface area contributed by atoms with Gasteiger partial charge in [0.25, 0.3) is 0 Å². The predicted octanol–water partition coefficient (Wildman–Crippen LogP) is 5.17. The van der Waals surface area contributed by atoms with Gasteiger partial charge < -0.3 is 11.1 Å². The van der Waals surface area contributed by atoms with Crippen molar-refractivity contribution in [3.05, 3.63) is 49.2 Å². The van der Waals surface area contributed by atoms with Crippen LogP contribution in [0.3, 0.4) is 0 Å². The second-order valence-corrected chi connectivity index (χ2v) is 6.09. The lowest BCUT2D eigenvalue weighted by molar-refractivity contribution is 0.629. The molecule has 0 aliphatic carbocycles. The summed E-state index contributed by atoms with van der Waals surface area (Å²) in [6.07, 6.45) is 0. The summed E-state index contributed by atoms with van der Waals surface area (Å²) < 4.78 is 15.2. The monoisotopic (exact) mass is 440 g/mol. The van der Waals surface area contributed by atoms with Gasteiger partial charge in [0.15, 0.2) is 0 Å². The number of hydrogen-bond donors (Lipinski definition) is 2. The molecular formula is C12H8BrClFIN2. The van der Waals surface area contributed by atoms with Gasteiger partial charge in [-0.2, -0.15) is 0 Å². The minimum Gasteiger partial charge on any atom is -0.397 e. The normalized spacial score (nSPS) is 10.4. The molecule has 0 spiro atoms. The molecule has 18 heavy (non-hydrogen) atoms. The first-order valence-electron chi connectivity index (χ1n) is 4.94. The second-order valence-electron chi connectivity index (χ2n) is 3.60. The third kappa shape index (κ3) is 3.07. The number of hydrogen-bond acceptors (Lipinski definition) is 2. The van der Waals surface area contributed by atoms with Crippen LogP contribution in [0.25, 0.3) is 0 Å². The van der Waals surface area contributed by atoms with Gasteiger partial charge in [-0.25, -0.2) is 4.39 Å². The van der Waals surface area contributed by atoms with Gasteiger partial charge in [0.2, 0.25) is 0 Å². The van der Waals surface area contributed by atoms with Gasteiger partial charge in [0.1, 0.15) is 5.82 Å². The van der Waals surface area contributed by atoms with Crippen LogP contribution in [0, 0.1) is 9.39 Å². The van der Waals surface area contributed by atoms with Crippen LogP contribution in [-0.2, 0) is 0 Å². The number of nitrogens with two attached hydrogens (primary N) is 1. The average Bonchev–Trinajstić information content (AvgIpc) is 2.30. The summed E-state index contributed by atoms with van der Waals surface area (Å²) in [5.74, 6) is -0.524. The Hall–Kier alpha value is -0.530. The zero-order valence-electron chi connectivity index (χ0n) is 8.98. The fraction of sp³-hybridized carbons (Fsp3) is 0. The number of nitrogen functional groups attached to an aromatic ring is 1. The molecule has 0 amide bonds. The van der Waals surface area contributed by atoms with Crippen LogP contribution >= 0.6 is 50.1 Å². The molecule has 6 heteroatoms. The van der Waals surface area contributed by atoms with E-state index in [1.165, 1.54) is 12.1 Å². The van der Waals surface area contributed by atoms with Gasteiger partial charge in [-0.1, -0.05) is 27.5 Å². The van der Waals surface area contributed by atoms with Gasteiger partial charge in [-0.05, 0) is 46.9 Å². The zero-order valence-corrected chi connectivity index (χ0v) is 13.5. The molecular weight excluding hydrogens is 433 g/mol. The van der Waals surface area contributed by atoms with Crippen molar-refractivity contribution in [3.63, 3.8) is 0 Å². The highest BCUT2D eigenvalue weighted by atomic mass is 127. The van der Waals surface area contributed by atoms with Crippen molar-refractivity contribution in [2.45, 2.75) is 0 Å². The minimum absolute atomic E-state index is 0.0386. The summed E-state index contributed by atoms with van der Waals surface area (Å²) in [6, 6.07) is 8.49. The molecule has 0 saturated heterocycles. The summed E-state index contributed by atoms with van der Waals surface area (Å²) in [5.41, 5.74) is 7.52. The van der Waals surface area contributed by atoms with Crippen LogP contribution in [0.15, 0.2) is 34.8 Å². The third-order valence-electron chi connectivity index (χ3n) is 2.29. The molecule has 0 radical (unpaired) electrons. The molecule has 94 valence electrons. The molecule has 0 bridgehead atoms. The SMILES string of the molecule is Nc1cc(F)c(Cl)cc1Nc1cc(Br)ccc1I. The molecule has 0 unspecified atom stereocenters. The van der Waals surface area contributed by atoms with Crippen molar-refractivity contribution in [2.24, 2.45) is 0 Å². The molecule has 0 aliphatic heterocycles. The maximum Gasteiger partial charge on any atom is 0.143 e. The highest BCUT2D eigenvalue weighted by Crippen LogP contribution is 2.31. The number of nitrogens with one attached hydrogen (secondary N) is 1. The Labute approximate surface area is 131 Å². The lowest BCUT2D eigenvalue weighted by Crippen LogP contribution is -1.99. The van der Waals surface area contributed by atoms with Gasteiger partial charge in [-0.15, -0.1) is 0 Å². The van der Waals surface area contributed by atoms with Crippen LogP contribution in [-0.4, -0.2) is 0 Å². The van der Waals surface area contributed by atoms with Crippen molar-refractivity contribution < 1.29 is 4.39 Å². The number of halogens is 4. The van der Waals surface area contributed by atoms with Crippen LogP contribution in [0.4, 0.5) is 21.5 Å². The molecule has 0 heterocycles. The van der Waals surface area contributed by atoms with E-state index in [4.69, 9.17) is 17.3 Å². The van der Waals surface area contributed by atoms with Crippen molar-refractivity contribution >= 4 is 67.2 Å². The summed E-state index contributed by atoms with van der Waals surface area (Å²) >= 11 is 11.3. The number of rotatable bonds is 2. The Balaban J connectivity index is 2.40. The molecule has 2 nitrogen and oxygen atoms in total. The standard InChI is InChI=1S/C12H8BrClFIN2/c13-6-1-2-9(16)11(3-6)18-12-4-7(14)8(15)5-10(12)17/h1-5,18H,17H2. The zero-order chi connectivity index (χ0) is 13.3. The first kappa shape index (κ1) is 13.9. The topological polar surface area (TPSA) is 38.0 Å². The largest absolute Gasteiger partial charge is 0.397 e. The predicted molar refractivity (Wildman–Crippen MR) is 86.0 cm³/mol. The van der Waals surface area contributed by atoms with Crippen LogP contribution < -0.4 is 11.1 Å². The van der Waals surface area contributed by atoms with E-state index in [-0.39, 0.29) is 5.02 Å². The van der Waals surface area contributed by atoms with E-state index in [1.54, 1.807) is 0 Å². The van der Waals surface area contributed by atoms with Crippen molar-refractivity contribution in [1.82, 2.24) is 0 Å². The van der Waals surface area contributed by atoms with E-state index < -0.39 is 5.82 Å². The molecule has 0 aliphatic rings. The molecule has 0 fully saturated rings. The third-order valence-corrected chi connectivity index (χ3v) is 4.01. The van der Waals surface area contributed by atoms with Gasteiger partial charge in [0, 0.05) is 14.1 Å². The van der Waals surface area contributed by atoms with E-state index in [2.05, 4.69) is 43.8 Å². The second kappa shape index (κ2) is 5.63. The fourth-order valence-electron chi connectivity index (χ4n) is 1.41. The Morgan fingerprint density at radius 3 is 2.67 bits per heavy atom. The minimum atomic E-state index is -0.524. The lowest BCUT2D eigenvalue weighted by atomic mass is 10.2. The van der Waals surface area contributed by atoms with Crippen molar-refractivity contribution in [1.29, 1.82) is 0 Å². The summed E-state index contributed by atoms with van der Waals surface area (Å²) in [4.78, 5) is 0. The Kier molecular flexibility index (Phi) is 4.34. The van der Waals surface area contributed by atoms with E-state index in [0.29, 0.717) is 11.4 Å². The molecule has 3 N–H and O–H groups in total. The van der Waals surface area contributed by atoms with Crippen LogP contribution in [0.1, 0.15) is 0 Å². The fourth-order valence-corrected chi connectivity index (χ4v) is 2.40. The van der Waals surface area contributed by atoms with E-state index in [1.807, 2.05) is 18.2 Å². The van der Waals surface area contributed by atoms with Gasteiger partial charge >= 0.3 is 0 Å². The summed E-state index contributed by atoms with van der Waals surface area (Å²) in [6.45, 7) is 0. The van der Waals surface area contributed by atoms with E-state index >= 15 is 0 Å². The smallest absolute Gasteiger partial charge is 0.143 e. The highest BCUT2D eigenvalue weighted by molar-refractivity contribution is 14.1. The van der Waals surface area contributed by atoms with Crippen LogP contribution in [0.5, 0.6) is 0 Å². The Morgan fingerprint density at radius 1 is 1.22 bits per heavy atom. The highest BCUT2D eigenvalue weighted by Gasteiger charge is 2.08. The maximum atomic E-state index is 13.2. The van der Waals surface area contributed by atoms with E-state index in [0.717, 1.165) is 13.7 Å².